The van der Waals surface area contributed by atoms with Crippen molar-refractivity contribution in [1.82, 2.24) is 9.80 Å². The Morgan fingerprint density at radius 1 is 0.853 bits per heavy atom. The summed E-state index contributed by atoms with van der Waals surface area (Å²) in [7, 11) is 0. The zero-order valence-electron chi connectivity index (χ0n) is 19.8. The number of aryl methyl sites for hydroxylation is 1. The van der Waals surface area contributed by atoms with Gasteiger partial charge in [0.05, 0.1) is 6.04 Å². The molecule has 4 nitrogen and oxygen atoms in total. The molecule has 0 saturated carbocycles. The number of hydrogen-bond acceptors (Lipinski definition) is 3. The number of carbonyl (C=O) groups excluding carboxylic acids is 2. The first-order valence-electron chi connectivity index (χ1n) is 12.3. The minimum atomic E-state index is -0.0557. The molecule has 1 fully saturated rings. The van der Waals surface area contributed by atoms with Crippen LogP contribution in [0.2, 0.25) is 0 Å². The summed E-state index contributed by atoms with van der Waals surface area (Å²) in [6.07, 6.45) is 3.45. The van der Waals surface area contributed by atoms with Gasteiger partial charge in [-0.1, -0.05) is 60.2 Å². The average Bonchev–Trinajstić information content (AvgIpc) is 3.37. The second-order valence-electron chi connectivity index (χ2n) is 9.52. The van der Waals surface area contributed by atoms with Crippen LogP contribution in [0.1, 0.15) is 64.8 Å². The molecule has 2 aromatic carbocycles. The highest BCUT2D eigenvalue weighted by molar-refractivity contribution is 7.10. The first kappa shape index (κ1) is 22.9. The van der Waals surface area contributed by atoms with Gasteiger partial charge in [-0.3, -0.25) is 9.59 Å². The van der Waals surface area contributed by atoms with E-state index in [9.17, 15) is 9.59 Å². The Hall–Kier alpha value is -2.92. The number of nitrogens with zero attached hydrogens (tertiary/aromatic N) is 2. The number of piperidine rings is 1. The van der Waals surface area contributed by atoms with Crippen molar-refractivity contribution in [3.63, 3.8) is 0 Å². The first-order valence-corrected chi connectivity index (χ1v) is 13.2. The van der Waals surface area contributed by atoms with Gasteiger partial charge in [-0.05, 0) is 60.2 Å². The second-order valence-corrected chi connectivity index (χ2v) is 10.5. The number of rotatable bonds is 5. The molecule has 1 aromatic heterocycles. The van der Waals surface area contributed by atoms with Crippen LogP contribution in [0.15, 0.2) is 66.0 Å². The van der Waals surface area contributed by atoms with E-state index in [1.54, 1.807) is 11.3 Å². The molecule has 0 bridgehead atoms. The molecule has 0 spiro atoms. The molecule has 0 N–H and O–H groups in total. The zero-order chi connectivity index (χ0) is 23.5. The maximum atomic E-state index is 13.4. The number of carbonyl (C=O) groups is 2. The third-order valence-electron chi connectivity index (χ3n) is 7.35. The summed E-state index contributed by atoms with van der Waals surface area (Å²) in [6, 6.07) is 21.2. The molecular weight excluding hydrogens is 440 g/mol. The maximum Gasteiger partial charge on any atom is 0.223 e. The van der Waals surface area contributed by atoms with Crippen molar-refractivity contribution in [3.05, 3.63) is 93.2 Å². The predicted octanol–water partition coefficient (Wildman–Crippen LogP) is 5.72. The highest BCUT2D eigenvalue weighted by Crippen LogP contribution is 2.38. The summed E-state index contributed by atoms with van der Waals surface area (Å²) < 4.78 is 0. The molecule has 5 heteroatoms. The molecule has 34 heavy (non-hydrogen) atoms. The molecule has 176 valence electrons. The van der Waals surface area contributed by atoms with Gasteiger partial charge in [0.15, 0.2) is 0 Å². The molecule has 5 rings (SSSR count). The minimum absolute atomic E-state index is 0.0557. The fourth-order valence-electron chi connectivity index (χ4n) is 5.40. The fraction of sp³-hybridized carbons (Fsp3) is 0.379. The van der Waals surface area contributed by atoms with Gasteiger partial charge in [0.1, 0.15) is 0 Å². The van der Waals surface area contributed by atoms with Gasteiger partial charge < -0.3 is 9.80 Å². The normalized spacial score (nSPS) is 18.6. The van der Waals surface area contributed by atoms with Crippen LogP contribution in [0.5, 0.6) is 0 Å². The van der Waals surface area contributed by atoms with Gasteiger partial charge in [-0.25, -0.2) is 0 Å². The Bertz CT molecular complexity index is 1130. The van der Waals surface area contributed by atoms with Gasteiger partial charge in [0.25, 0.3) is 0 Å². The lowest BCUT2D eigenvalue weighted by Crippen LogP contribution is -2.41. The quantitative estimate of drug-likeness (QED) is 0.477. The SMILES string of the molecule is Cc1ccc(C2c3ccsc3CCN2C(=O)CCC(=O)N2CCC(c3ccccc3)CC2)cc1. The van der Waals surface area contributed by atoms with E-state index in [1.165, 1.54) is 21.6 Å². The van der Waals surface area contributed by atoms with Gasteiger partial charge in [0.2, 0.25) is 11.8 Å². The highest BCUT2D eigenvalue weighted by Gasteiger charge is 2.33. The second kappa shape index (κ2) is 10.1. The Morgan fingerprint density at radius 2 is 1.56 bits per heavy atom. The van der Waals surface area contributed by atoms with E-state index < -0.39 is 0 Å². The Labute approximate surface area is 206 Å². The molecular formula is C29H32N2O2S. The van der Waals surface area contributed by atoms with Crippen molar-refractivity contribution in [2.75, 3.05) is 19.6 Å². The van der Waals surface area contributed by atoms with Gasteiger partial charge >= 0.3 is 0 Å². The van der Waals surface area contributed by atoms with E-state index in [1.807, 2.05) is 15.9 Å². The van der Waals surface area contributed by atoms with E-state index in [2.05, 4.69) is 66.9 Å². The van der Waals surface area contributed by atoms with Crippen molar-refractivity contribution < 1.29 is 9.59 Å². The summed E-state index contributed by atoms with van der Waals surface area (Å²) in [6.45, 7) is 4.35. The third kappa shape index (κ3) is 4.80. The van der Waals surface area contributed by atoms with Crippen molar-refractivity contribution in [2.45, 2.75) is 51.0 Å². The molecule has 3 aromatic rings. The van der Waals surface area contributed by atoms with Crippen LogP contribution in [0.25, 0.3) is 0 Å². The molecule has 2 amide bonds. The van der Waals surface area contributed by atoms with E-state index in [-0.39, 0.29) is 24.3 Å². The smallest absolute Gasteiger partial charge is 0.223 e. The monoisotopic (exact) mass is 472 g/mol. The van der Waals surface area contributed by atoms with Crippen LogP contribution in [-0.4, -0.2) is 41.2 Å². The summed E-state index contributed by atoms with van der Waals surface area (Å²) in [5.41, 5.74) is 4.96. The van der Waals surface area contributed by atoms with Crippen molar-refractivity contribution >= 4 is 23.2 Å². The van der Waals surface area contributed by atoms with E-state index in [4.69, 9.17) is 0 Å². The number of amides is 2. The zero-order valence-corrected chi connectivity index (χ0v) is 20.6. The molecule has 0 aliphatic carbocycles. The Morgan fingerprint density at radius 3 is 2.29 bits per heavy atom. The number of likely N-dealkylation sites (tertiary alicyclic amines) is 1. The number of thiophene rings is 1. The Balaban J connectivity index is 1.21. The van der Waals surface area contributed by atoms with Crippen LogP contribution < -0.4 is 0 Å². The van der Waals surface area contributed by atoms with Crippen molar-refractivity contribution in [3.8, 4) is 0 Å². The molecule has 0 radical (unpaired) electrons. The number of benzene rings is 2. The lowest BCUT2D eigenvalue weighted by atomic mass is 9.89. The fourth-order valence-corrected chi connectivity index (χ4v) is 6.30. The summed E-state index contributed by atoms with van der Waals surface area (Å²) in [5.74, 6) is 0.713. The molecule has 2 aliphatic rings. The van der Waals surface area contributed by atoms with E-state index in [0.717, 1.165) is 37.9 Å². The van der Waals surface area contributed by atoms with Crippen molar-refractivity contribution in [1.29, 1.82) is 0 Å². The lowest BCUT2D eigenvalue weighted by Gasteiger charge is -2.37. The maximum absolute atomic E-state index is 13.4. The number of hydrogen-bond donors (Lipinski definition) is 0. The average molecular weight is 473 g/mol. The standard InChI is InChI=1S/C29H32N2O2S/c1-21-7-9-24(10-8-21)29-25-16-20-34-26(25)15-19-31(29)28(33)12-11-27(32)30-17-13-23(14-18-30)22-5-3-2-4-6-22/h2-10,16,20,23,29H,11-15,17-19H2,1H3. The number of fused-ring (bicyclic) bond motifs is 1. The van der Waals surface area contributed by atoms with Gasteiger partial charge in [-0.15, -0.1) is 11.3 Å². The topological polar surface area (TPSA) is 40.6 Å². The van der Waals surface area contributed by atoms with E-state index >= 15 is 0 Å². The van der Waals surface area contributed by atoms with E-state index in [0.29, 0.717) is 18.9 Å². The predicted molar refractivity (Wildman–Crippen MR) is 137 cm³/mol. The van der Waals surface area contributed by atoms with Crippen LogP contribution in [0.3, 0.4) is 0 Å². The van der Waals surface area contributed by atoms with Crippen LogP contribution in [0.4, 0.5) is 0 Å². The largest absolute Gasteiger partial charge is 0.343 e. The molecule has 2 aliphatic heterocycles. The van der Waals surface area contributed by atoms with Crippen molar-refractivity contribution in [2.24, 2.45) is 0 Å². The summed E-state index contributed by atoms with van der Waals surface area (Å²) in [4.78, 5) is 31.6. The van der Waals surface area contributed by atoms with Gasteiger partial charge in [0, 0.05) is 37.4 Å². The molecule has 1 atom stereocenters. The summed E-state index contributed by atoms with van der Waals surface area (Å²) >= 11 is 1.78. The molecule has 3 heterocycles. The molecule has 1 saturated heterocycles. The van der Waals surface area contributed by atoms with Gasteiger partial charge in [-0.2, -0.15) is 0 Å². The summed E-state index contributed by atoms with van der Waals surface area (Å²) in [5, 5.41) is 2.13. The Kier molecular flexibility index (Phi) is 6.82. The van der Waals surface area contributed by atoms with Crippen LogP contribution >= 0.6 is 11.3 Å². The molecule has 1 unspecified atom stereocenters. The first-order chi connectivity index (χ1) is 16.6. The van der Waals surface area contributed by atoms with Crippen LogP contribution in [0, 0.1) is 6.92 Å². The van der Waals surface area contributed by atoms with Crippen LogP contribution in [-0.2, 0) is 16.0 Å². The lowest BCUT2D eigenvalue weighted by molar-refractivity contribution is -0.138. The third-order valence-corrected chi connectivity index (χ3v) is 8.35. The highest BCUT2D eigenvalue weighted by atomic mass is 32.1. The minimum Gasteiger partial charge on any atom is -0.343 e.